The van der Waals surface area contributed by atoms with Crippen LogP contribution >= 0.6 is 0 Å². The second-order valence-electron chi connectivity index (χ2n) is 4.71. The van der Waals surface area contributed by atoms with Gasteiger partial charge in [0.15, 0.2) is 0 Å². The molecule has 3 heteroatoms. The summed E-state index contributed by atoms with van der Waals surface area (Å²) < 4.78 is 0. The maximum absolute atomic E-state index is 11.2. The second kappa shape index (κ2) is 5.30. The zero-order chi connectivity index (χ0) is 11.4. The Labute approximate surface area is 96.3 Å². The first-order valence-corrected chi connectivity index (χ1v) is 6.20. The summed E-state index contributed by atoms with van der Waals surface area (Å²) in [6.45, 7) is 2.13. The lowest BCUT2D eigenvalue weighted by molar-refractivity contribution is 0.347. The minimum absolute atomic E-state index is 0.0187. The molecule has 0 amide bonds. The van der Waals surface area contributed by atoms with E-state index in [1.54, 1.807) is 12.3 Å². The van der Waals surface area contributed by atoms with Crippen LogP contribution in [0.1, 0.15) is 50.6 Å². The first-order valence-electron chi connectivity index (χ1n) is 6.20. The quantitative estimate of drug-likeness (QED) is 0.821. The van der Waals surface area contributed by atoms with E-state index < -0.39 is 0 Å². The van der Waals surface area contributed by atoms with Crippen molar-refractivity contribution in [2.45, 2.75) is 51.1 Å². The Kier molecular flexibility index (Phi) is 3.78. The standard InChI is InChI=1S/C13H20N2O/c1-10(11-7-8-14-13(16)9-11)15-12-5-3-2-4-6-12/h7-10,12,15H,2-6H2,1H3,(H,14,16)/t10-/m1/s1. The van der Waals surface area contributed by atoms with Crippen LogP contribution in [-0.2, 0) is 0 Å². The van der Waals surface area contributed by atoms with Crippen molar-refractivity contribution in [3.63, 3.8) is 0 Å². The second-order valence-corrected chi connectivity index (χ2v) is 4.71. The summed E-state index contributed by atoms with van der Waals surface area (Å²) in [5.41, 5.74) is 1.06. The number of aromatic amines is 1. The Morgan fingerprint density at radius 3 is 2.81 bits per heavy atom. The fourth-order valence-electron chi connectivity index (χ4n) is 2.45. The van der Waals surface area contributed by atoms with Gasteiger partial charge in [-0.05, 0) is 31.4 Å². The first kappa shape index (κ1) is 11.4. The number of aromatic nitrogens is 1. The van der Waals surface area contributed by atoms with Gasteiger partial charge in [0.25, 0.3) is 0 Å². The molecular weight excluding hydrogens is 200 g/mol. The van der Waals surface area contributed by atoms with Crippen LogP contribution in [0.3, 0.4) is 0 Å². The number of nitrogens with one attached hydrogen (secondary N) is 2. The molecule has 0 unspecified atom stereocenters. The van der Waals surface area contributed by atoms with Gasteiger partial charge in [0.1, 0.15) is 0 Å². The van der Waals surface area contributed by atoms with E-state index in [0.29, 0.717) is 6.04 Å². The van der Waals surface area contributed by atoms with Gasteiger partial charge in [-0.1, -0.05) is 19.3 Å². The van der Waals surface area contributed by atoms with Gasteiger partial charge in [0.2, 0.25) is 5.56 Å². The molecule has 3 nitrogen and oxygen atoms in total. The van der Waals surface area contributed by atoms with Gasteiger partial charge in [0, 0.05) is 24.3 Å². The lowest BCUT2D eigenvalue weighted by Gasteiger charge is -2.26. The highest BCUT2D eigenvalue weighted by Crippen LogP contribution is 2.20. The lowest BCUT2D eigenvalue weighted by atomic mass is 9.94. The van der Waals surface area contributed by atoms with Crippen LogP contribution in [-0.4, -0.2) is 11.0 Å². The van der Waals surface area contributed by atoms with Crippen LogP contribution in [0.4, 0.5) is 0 Å². The van der Waals surface area contributed by atoms with Crippen molar-refractivity contribution < 1.29 is 0 Å². The predicted octanol–water partition coefficient (Wildman–Crippen LogP) is 2.36. The Bertz CT molecular complexity index is 380. The smallest absolute Gasteiger partial charge is 0.248 e. The minimum Gasteiger partial charge on any atom is -0.329 e. The fraction of sp³-hybridized carbons (Fsp3) is 0.615. The van der Waals surface area contributed by atoms with Gasteiger partial charge in [0.05, 0.1) is 0 Å². The summed E-state index contributed by atoms with van der Waals surface area (Å²) in [7, 11) is 0. The van der Waals surface area contributed by atoms with E-state index in [2.05, 4.69) is 17.2 Å². The third kappa shape index (κ3) is 2.95. The highest BCUT2D eigenvalue weighted by molar-refractivity contribution is 5.14. The van der Waals surface area contributed by atoms with Crippen LogP contribution in [0, 0.1) is 0 Å². The van der Waals surface area contributed by atoms with Crippen LogP contribution in [0.25, 0.3) is 0 Å². The molecule has 2 N–H and O–H groups in total. The molecule has 1 aromatic heterocycles. The van der Waals surface area contributed by atoms with E-state index in [9.17, 15) is 4.79 Å². The molecule has 0 bridgehead atoms. The minimum atomic E-state index is -0.0187. The average molecular weight is 220 g/mol. The Hall–Kier alpha value is -1.09. The van der Waals surface area contributed by atoms with Crippen LogP contribution in [0.5, 0.6) is 0 Å². The predicted molar refractivity (Wildman–Crippen MR) is 65.5 cm³/mol. The van der Waals surface area contributed by atoms with Crippen LogP contribution in [0.2, 0.25) is 0 Å². The average Bonchev–Trinajstić information content (AvgIpc) is 2.30. The molecule has 0 aliphatic heterocycles. The molecule has 1 aliphatic carbocycles. The van der Waals surface area contributed by atoms with Crippen molar-refractivity contribution in [2.75, 3.05) is 0 Å². The summed E-state index contributed by atoms with van der Waals surface area (Å²) in [4.78, 5) is 13.9. The number of rotatable bonds is 3. The molecule has 0 saturated heterocycles. The van der Waals surface area contributed by atoms with Crippen molar-refractivity contribution in [1.82, 2.24) is 10.3 Å². The molecule has 0 radical (unpaired) electrons. The number of hydrogen-bond donors (Lipinski definition) is 2. The third-order valence-electron chi connectivity index (χ3n) is 3.39. The number of pyridine rings is 1. The topological polar surface area (TPSA) is 44.9 Å². The van der Waals surface area contributed by atoms with Gasteiger partial charge < -0.3 is 10.3 Å². The zero-order valence-corrected chi connectivity index (χ0v) is 9.83. The van der Waals surface area contributed by atoms with Gasteiger partial charge >= 0.3 is 0 Å². The third-order valence-corrected chi connectivity index (χ3v) is 3.39. The van der Waals surface area contributed by atoms with Gasteiger partial charge in [-0.2, -0.15) is 0 Å². The fourth-order valence-corrected chi connectivity index (χ4v) is 2.45. The van der Waals surface area contributed by atoms with Crippen molar-refractivity contribution in [2.24, 2.45) is 0 Å². The molecule has 1 fully saturated rings. The summed E-state index contributed by atoms with van der Waals surface area (Å²) in [6, 6.07) is 4.55. The SMILES string of the molecule is C[C@@H](NC1CCCCC1)c1cc[nH]c(=O)c1. The Morgan fingerprint density at radius 2 is 2.12 bits per heavy atom. The van der Waals surface area contributed by atoms with Crippen molar-refractivity contribution >= 4 is 0 Å². The number of H-pyrrole nitrogens is 1. The van der Waals surface area contributed by atoms with E-state index >= 15 is 0 Å². The summed E-state index contributed by atoms with van der Waals surface area (Å²) in [6.07, 6.45) is 8.30. The highest BCUT2D eigenvalue weighted by atomic mass is 16.1. The molecule has 1 aromatic rings. The molecule has 1 saturated carbocycles. The van der Waals surface area contributed by atoms with E-state index in [1.165, 1.54) is 32.1 Å². The van der Waals surface area contributed by atoms with Gasteiger partial charge in [-0.15, -0.1) is 0 Å². The Balaban J connectivity index is 1.96. The van der Waals surface area contributed by atoms with E-state index in [0.717, 1.165) is 5.56 Å². The molecule has 1 aliphatic rings. The van der Waals surface area contributed by atoms with Crippen LogP contribution in [0.15, 0.2) is 23.1 Å². The summed E-state index contributed by atoms with van der Waals surface area (Å²) in [5, 5.41) is 3.61. The summed E-state index contributed by atoms with van der Waals surface area (Å²) >= 11 is 0. The molecule has 16 heavy (non-hydrogen) atoms. The Morgan fingerprint density at radius 1 is 1.38 bits per heavy atom. The van der Waals surface area contributed by atoms with Crippen LogP contribution < -0.4 is 10.9 Å². The van der Waals surface area contributed by atoms with E-state index in [-0.39, 0.29) is 11.6 Å². The normalized spacial score (nSPS) is 19.6. The van der Waals surface area contributed by atoms with Crippen molar-refractivity contribution in [3.8, 4) is 0 Å². The maximum atomic E-state index is 11.2. The van der Waals surface area contributed by atoms with Gasteiger partial charge in [-0.25, -0.2) is 0 Å². The number of hydrogen-bond acceptors (Lipinski definition) is 2. The lowest BCUT2D eigenvalue weighted by Crippen LogP contribution is -2.33. The molecule has 1 atom stereocenters. The van der Waals surface area contributed by atoms with Crippen molar-refractivity contribution in [3.05, 3.63) is 34.2 Å². The largest absolute Gasteiger partial charge is 0.329 e. The van der Waals surface area contributed by atoms with E-state index in [1.807, 2.05) is 6.07 Å². The van der Waals surface area contributed by atoms with E-state index in [4.69, 9.17) is 0 Å². The van der Waals surface area contributed by atoms with Crippen molar-refractivity contribution in [1.29, 1.82) is 0 Å². The first-order chi connectivity index (χ1) is 7.75. The maximum Gasteiger partial charge on any atom is 0.248 e. The molecule has 2 rings (SSSR count). The molecule has 88 valence electrons. The summed E-state index contributed by atoms with van der Waals surface area (Å²) in [5.74, 6) is 0. The molecule has 0 aromatic carbocycles. The molecular formula is C13H20N2O. The highest BCUT2D eigenvalue weighted by Gasteiger charge is 2.16. The molecule has 1 heterocycles. The van der Waals surface area contributed by atoms with Gasteiger partial charge in [-0.3, -0.25) is 4.79 Å². The molecule has 0 spiro atoms. The monoisotopic (exact) mass is 220 g/mol. The zero-order valence-electron chi connectivity index (χ0n) is 9.83.